The van der Waals surface area contributed by atoms with Gasteiger partial charge in [-0.05, 0) is 61.7 Å². The normalized spacial score (nSPS) is 11.7. The first-order valence-electron chi connectivity index (χ1n) is 9.69. The van der Waals surface area contributed by atoms with Crippen molar-refractivity contribution in [2.24, 2.45) is 0 Å². The van der Waals surface area contributed by atoms with Crippen LogP contribution in [0.4, 0.5) is 0 Å². The quantitative estimate of drug-likeness (QED) is 0.371. The van der Waals surface area contributed by atoms with Crippen molar-refractivity contribution in [1.29, 1.82) is 0 Å². The second kappa shape index (κ2) is 11.3. The Morgan fingerprint density at radius 1 is 0.926 bits per heavy atom. The highest BCUT2D eigenvalue weighted by atomic mass is 16.5. The summed E-state index contributed by atoms with van der Waals surface area (Å²) in [6.45, 7) is 4.60. The number of rotatable bonds is 11. The smallest absolute Gasteiger partial charge is 0.338 e. The predicted molar refractivity (Wildman–Crippen MR) is 107 cm³/mol. The number of methoxy groups -OCH3 is 1. The lowest BCUT2D eigenvalue weighted by atomic mass is 10.1. The summed E-state index contributed by atoms with van der Waals surface area (Å²) < 4.78 is 16.4. The Kier molecular flexibility index (Phi) is 8.69. The first kappa shape index (κ1) is 20.8. The molecule has 27 heavy (non-hydrogen) atoms. The highest BCUT2D eigenvalue weighted by molar-refractivity contribution is 5.89. The molecule has 0 radical (unpaired) electrons. The molecule has 0 fully saturated rings. The van der Waals surface area contributed by atoms with Crippen LogP contribution < -0.4 is 9.47 Å². The zero-order valence-electron chi connectivity index (χ0n) is 16.6. The van der Waals surface area contributed by atoms with Gasteiger partial charge in [-0.3, -0.25) is 0 Å². The molecule has 0 aliphatic heterocycles. The lowest BCUT2D eigenvalue weighted by Gasteiger charge is -2.13. The number of ether oxygens (including phenoxy) is 3. The highest BCUT2D eigenvalue weighted by Crippen LogP contribution is 2.17. The van der Waals surface area contributed by atoms with Gasteiger partial charge in [0.2, 0.25) is 0 Å². The summed E-state index contributed by atoms with van der Waals surface area (Å²) in [5, 5.41) is 0. The Bertz CT molecular complexity index is 677. The summed E-state index contributed by atoms with van der Waals surface area (Å²) in [5.41, 5.74) is 1.60. The fourth-order valence-corrected chi connectivity index (χ4v) is 2.74. The Hall–Kier alpha value is -2.49. The highest BCUT2D eigenvalue weighted by Gasteiger charge is 2.12. The molecule has 2 aromatic rings. The Balaban J connectivity index is 1.78. The number of hydrogen-bond donors (Lipinski definition) is 0. The molecule has 0 saturated carbocycles. The van der Waals surface area contributed by atoms with E-state index in [0.29, 0.717) is 12.2 Å². The molecule has 0 spiro atoms. The maximum absolute atomic E-state index is 12.2. The van der Waals surface area contributed by atoms with E-state index in [-0.39, 0.29) is 12.1 Å². The number of benzene rings is 2. The molecule has 0 heterocycles. The van der Waals surface area contributed by atoms with E-state index in [2.05, 4.69) is 6.92 Å². The van der Waals surface area contributed by atoms with E-state index < -0.39 is 0 Å². The summed E-state index contributed by atoms with van der Waals surface area (Å²) in [5.74, 6) is 1.26. The first-order valence-corrected chi connectivity index (χ1v) is 9.69. The number of hydrogen-bond acceptors (Lipinski definition) is 4. The predicted octanol–water partition coefficient (Wildman–Crippen LogP) is 5.79. The molecule has 0 amide bonds. The summed E-state index contributed by atoms with van der Waals surface area (Å²) in [6.07, 6.45) is 5.59. The van der Waals surface area contributed by atoms with E-state index in [1.54, 1.807) is 31.4 Å². The van der Waals surface area contributed by atoms with Crippen molar-refractivity contribution in [3.05, 3.63) is 59.7 Å². The van der Waals surface area contributed by atoms with Gasteiger partial charge in [-0.15, -0.1) is 0 Å². The molecule has 1 unspecified atom stereocenters. The van der Waals surface area contributed by atoms with Gasteiger partial charge >= 0.3 is 5.97 Å². The molecule has 0 saturated heterocycles. The molecule has 1 atom stereocenters. The first-order chi connectivity index (χ1) is 13.1. The molecule has 146 valence electrons. The van der Waals surface area contributed by atoms with Crippen molar-refractivity contribution in [2.45, 2.75) is 58.7 Å². The van der Waals surface area contributed by atoms with E-state index in [1.807, 2.05) is 31.2 Å². The monoisotopic (exact) mass is 370 g/mol. The number of carbonyl (C=O) groups is 1. The van der Waals surface area contributed by atoms with E-state index in [4.69, 9.17) is 14.2 Å². The minimum absolute atomic E-state index is 0.0552. The van der Waals surface area contributed by atoms with Crippen molar-refractivity contribution in [1.82, 2.24) is 0 Å². The van der Waals surface area contributed by atoms with Crippen LogP contribution in [0.1, 0.15) is 61.9 Å². The Morgan fingerprint density at radius 3 is 2.22 bits per heavy atom. The second-order valence-corrected chi connectivity index (χ2v) is 6.73. The van der Waals surface area contributed by atoms with E-state index in [0.717, 1.165) is 29.9 Å². The van der Waals surface area contributed by atoms with Crippen molar-refractivity contribution in [3.8, 4) is 11.5 Å². The fraction of sp³-hybridized carbons (Fsp3) is 0.435. The lowest BCUT2D eigenvalue weighted by molar-refractivity contribution is 0.0319. The van der Waals surface area contributed by atoms with E-state index >= 15 is 0 Å². The second-order valence-electron chi connectivity index (χ2n) is 6.73. The van der Waals surface area contributed by atoms with Crippen LogP contribution in [0.25, 0.3) is 0 Å². The molecule has 4 heteroatoms. The van der Waals surface area contributed by atoms with Crippen molar-refractivity contribution in [2.75, 3.05) is 7.11 Å². The van der Waals surface area contributed by atoms with Gasteiger partial charge in [0.05, 0.1) is 18.8 Å². The van der Waals surface area contributed by atoms with Gasteiger partial charge in [0.1, 0.15) is 18.1 Å². The third kappa shape index (κ3) is 7.33. The van der Waals surface area contributed by atoms with Crippen LogP contribution >= 0.6 is 0 Å². The summed E-state index contributed by atoms with van der Waals surface area (Å²) in [7, 11) is 1.64. The van der Waals surface area contributed by atoms with Gasteiger partial charge in [-0.2, -0.15) is 0 Å². The summed E-state index contributed by atoms with van der Waals surface area (Å²) in [6, 6.07) is 14.8. The molecule has 0 bridgehead atoms. The largest absolute Gasteiger partial charge is 0.497 e. The van der Waals surface area contributed by atoms with E-state index in [9.17, 15) is 4.79 Å². The third-order valence-electron chi connectivity index (χ3n) is 4.43. The lowest BCUT2D eigenvalue weighted by Crippen LogP contribution is -2.15. The van der Waals surface area contributed by atoms with Gasteiger partial charge in [-0.25, -0.2) is 4.79 Å². The molecule has 0 aromatic heterocycles. The fourth-order valence-electron chi connectivity index (χ4n) is 2.74. The van der Waals surface area contributed by atoms with Gasteiger partial charge < -0.3 is 14.2 Å². The number of carbonyl (C=O) groups excluding carboxylic acids is 1. The molecule has 2 rings (SSSR count). The number of esters is 1. The minimum Gasteiger partial charge on any atom is -0.497 e. The molecule has 0 N–H and O–H groups in total. The van der Waals surface area contributed by atoms with Gasteiger partial charge in [0.15, 0.2) is 0 Å². The van der Waals surface area contributed by atoms with Crippen LogP contribution in [0, 0.1) is 0 Å². The van der Waals surface area contributed by atoms with Crippen LogP contribution in [0.3, 0.4) is 0 Å². The van der Waals surface area contributed by atoms with Crippen LogP contribution in [-0.2, 0) is 11.3 Å². The molecule has 4 nitrogen and oxygen atoms in total. The zero-order chi connectivity index (χ0) is 19.5. The van der Waals surface area contributed by atoms with Gasteiger partial charge in [-0.1, -0.05) is 38.3 Å². The van der Waals surface area contributed by atoms with Crippen LogP contribution in [0.2, 0.25) is 0 Å². The molecule has 0 aliphatic rings. The molecule has 2 aromatic carbocycles. The Labute approximate surface area is 162 Å². The molecule has 0 aliphatic carbocycles. The third-order valence-corrected chi connectivity index (χ3v) is 4.43. The van der Waals surface area contributed by atoms with Crippen molar-refractivity contribution < 1.29 is 19.0 Å². The van der Waals surface area contributed by atoms with E-state index in [1.165, 1.54) is 19.3 Å². The topological polar surface area (TPSA) is 44.8 Å². The SMILES string of the molecule is CCCCCCC(C)OC(=O)c1ccc(OCc2ccc(OC)cc2)cc1. The summed E-state index contributed by atoms with van der Waals surface area (Å²) in [4.78, 5) is 12.2. The molecular weight excluding hydrogens is 340 g/mol. The van der Waals surface area contributed by atoms with Crippen LogP contribution in [0.5, 0.6) is 11.5 Å². The maximum atomic E-state index is 12.2. The van der Waals surface area contributed by atoms with Gasteiger partial charge in [0, 0.05) is 0 Å². The van der Waals surface area contributed by atoms with Crippen molar-refractivity contribution in [3.63, 3.8) is 0 Å². The minimum atomic E-state index is -0.278. The standard InChI is InChI=1S/C23H30O4/c1-4-5-6-7-8-18(2)27-23(24)20-11-15-22(16-12-20)26-17-19-9-13-21(25-3)14-10-19/h9-16,18H,4-8,17H2,1-3H3. The number of unbranched alkanes of at least 4 members (excludes halogenated alkanes) is 3. The maximum Gasteiger partial charge on any atom is 0.338 e. The summed E-state index contributed by atoms with van der Waals surface area (Å²) >= 11 is 0. The van der Waals surface area contributed by atoms with Crippen LogP contribution in [-0.4, -0.2) is 19.2 Å². The Morgan fingerprint density at radius 2 is 1.59 bits per heavy atom. The van der Waals surface area contributed by atoms with Crippen molar-refractivity contribution >= 4 is 5.97 Å². The average Bonchev–Trinajstić information content (AvgIpc) is 2.70. The average molecular weight is 370 g/mol. The zero-order valence-corrected chi connectivity index (χ0v) is 16.6. The molecular formula is C23H30O4. The van der Waals surface area contributed by atoms with Gasteiger partial charge in [0.25, 0.3) is 0 Å². The van der Waals surface area contributed by atoms with Crippen LogP contribution in [0.15, 0.2) is 48.5 Å².